The highest BCUT2D eigenvalue weighted by Crippen LogP contribution is 2.35. The number of ether oxygens (including phenoxy) is 1. The largest absolute Gasteiger partial charge is 0.467 e. The number of aliphatic hydroxyl groups excluding tert-OH is 1. The Bertz CT molecular complexity index is 400. The van der Waals surface area contributed by atoms with Crippen LogP contribution in [0.25, 0.3) is 0 Å². The Morgan fingerprint density at radius 3 is 2.90 bits per heavy atom. The second-order valence-corrected chi connectivity index (χ2v) is 6.50. The molecule has 0 spiro atoms. The van der Waals surface area contributed by atoms with Crippen molar-refractivity contribution in [2.75, 3.05) is 19.7 Å². The molecule has 2 aliphatic rings. The van der Waals surface area contributed by atoms with Gasteiger partial charge in [-0.3, -0.25) is 4.90 Å². The molecular formula is C17H27NO3. The number of nitrogens with zero attached hydrogens (tertiary/aromatic N) is 1. The first kappa shape index (κ1) is 15.1. The van der Waals surface area contributed by atoms with E-state index in [9.17, 15) is 5.11 Å². The Morgan fingerprint density at radius 1 is 1.29 bits per heavy atom. The van der Waals surface area contributed by atoms with Crippen molar-refractivity contribution in [3.8, 4) is 0 Å². The third-order valence-corrected chi connectivity index (χ3v) is 4.94. The highest BCUT2D eigenvalue weighted by Gasteiger charge is 2.33. The lowest BCUT2D eigenvalue weighted by atomic mass is 9.96. The molecule has 0 bridgehead atoms. The molecule has 1 aromatic rings. The van der Waals surface area contributed by atoms with Crippen LogP contribution in [0.15, 0.2) is 22.8 Å². The van der Waals surface area contributed by atoms with Crippen LogP contribution in [0.4, 0.5) is 0 Å². The molecule has 2 fully saturated rings. The van der Waals surface area contributed by atoms with E-state index < -0.39 is 6.10 Å². The summed E-state index contributed by atoms with van der Waals surface area (Å²) in [6.45, 7) is 2.71. The van der Waals surface area contributed by atoms with Gasteiger partial charge in [0.1, 0.15) is 12.4 Å². The molecular weight excluding hydrogens is 266 g/mol. The third kappa shape index (κ3) is 4.09. The van der Waals surface area contributed by atoms with E-state index in [-0.39, 0.29) is 0 Å². The van der Waals surface area contributed by atoms with Crippen LogP contribution in [-0.2, 0) is 11.3 Å². The van der Waals surface area contributed by atoms with Gasteiger partial charge in [0.15, 0.2) is 0 Å². The molecule has 0 aromatic carbocycles. The lowest BCUT2D eigenvalue weighted by Crippen LogP contribution is -2.41. The van der Waals surface area contributed by atoms with Crippen LogP contribution in [-0.4, -0.2) is 41.8 Å². The number of furan rings is 1. The van der Waals surface area contributed by atoms with Gasteiger partial charge in [0, 0.05) is 12.6 Å². The zero-order valence-electron chi connectivity index (χ0n) is 12.7. The number of hydrogen-bond donors (Lipinski definition) is 1. The summed E-state index contributed by atoms with van der Waals surface area (Å²) in [7, 11) is 0. The molecule has 1 aliphatic heterocycles. The first-order valence-electron chi connectivity index (χ1n) is 8.35. The van der Waals surface area contributed by atoms with Crippen molar-refractivity contribution >= 4 is 0 Å². The maximum atomic E-state index is 10.2. The van der Waals surface area contributed by atoms with Crippen LogP contribution in [0.1, 0.15) is 44.3 Å². The second kappa shape index (κ2) is 7.43. The van der Waals surface area contributed by atoms with Crippen molar-refractivity contribution in [1.29, 1.82) is 0 Å². The SMILES string of the molecule is OC(COCc1ccco1)CN1CCCC1C1CCCC1. The van der Waals surface area contributed by atoms with Gasteiger partial charge in [-0.15, -0.1) is 0 Å². The number of rotatable bonds is 7. The molecule has 1 N–H and O–H groups in total. The van der Waals surface area contributed by atoms with Crippen LogP contribution in [0.2, 0.25) is 0 Å². The Labute approximate surface area is 127 Å². The first-order valence-corrected chi connectivity index (χ1v) is 8.35. The molecule has 3 rings (SSSR count). The van der Waals surface area contributed by atoms with Crippen molar-refractivity contribution in [2.45, 2.75) is 57.3 Å². The highest BCUT2D eigenvalue weighted by molar-refractivity contribution is 4.96. The van der Waals surface area contributed by atoms with Crippen LogP contribution in [0, 0.1) is 5.92 Å². The van der Waals surface area contributed by atoms with Gasteiger partial charge >= 0.3 is 0 Å². The zero-order chi connectivity index (χ0) is 14.5. The van der Waals surface area contributed by atoms with Gasteiger partial charge in [-0.25, -0.2) is 0 Å². The van der Waals surface area contributed by atoms with Gasteiger partial charge in [0.05, 0.1) is 19.0 Å². The highest BCUT2D eigenvalue weighted by atomic mass is 16.5. The molecule has 0 radical (unpaired) electrons. The summed E-state index contributed by atoms with van der Waals surface area (Å²) in [5.41, 5.74) is 0. The molecule has 1 aromatic heterocycles. The van der Waals surface area contributed by atoms with Crippen molar-refractivity contribution in [1.82, 2.24) is 4.90 Å². The van der Waals surface area contributed by atoms with E-state index in [1.54, 1.807) is 6.26 Å². The normalized spacial score (nSPS) is 25.7. The van der Waals surface area contributed by atoms with Gasteiger partial charge in [0.2, 0.25) is 0 Å². The lowest BCUT2D eigenvalue weighted by molar-refractivity contribution is -0.000331. The third-order valence-electron chi connectivity index (χ3n) is 4.94. The van der Waals surface area contributed by atoms with Gasteiger partial charge in [-0.2, -0.15) is 0 Å². The molecule has 2 unspecified atom stereocenters. The number of aliphatic hydroxyl groups is 1. The average molecular weight is 293 g/mol. The van der Waals surface area contributed by atoms with E-state index >= 15 is 0 Å². The van der Waals surface area contributed by atoms with Crippen molar-refractivity contribution < 1.29 is 14.3 Å². The monoisotopic (exact) mass is 293 g/mol. The standard InChI is InChI=1S/C17H27NO3/c19-15(12-20-13-16-7-4-10-21-16)11-18-9-3-8-17(18)14-5-1-2-6-14/h4,7,10,14-15,17,19H,1-3,5-6,8-9,11-13H2. The predicted molar refractivity (Wildman–Crippen MR) is 80.9 cm³/mol. The quantitative estimate of drug-likeness (QED) is 0.839. The summed E-state index contributed by atoms with van der Waals surface area (Å²) >= 11 is 0. The number of β-amino-alcohol motifs (C(OH)–C–C–N with tert-alkyl or cyclic N) is 1. The van der Waals surface area contributed by atoms with Crippen LogP contribution in [0.3, 0.4) is 0 Å². The Balaban J connectivity index is 1.40. The minimum atomic E-state index is -0.401. The van der Waals surface area contributed by atoms with Gasteiger partial charge < -0.3 is 14.3 Å². The van der Waals surface area contributed by atoms with E-state index in [0.717, 1.165) is 24.8 Å². The molecule has 4 heteroatoms. The van der Waals surface area contributed by atoms with Crippen LogP contribution in [0.5, 0.6) is 0 Å². The predicted octanol–water partition coefficient (Wildman–Crippen LogP) is 2.81. The van der Waals surface area contributed by atoms with Crippen molar-refractivity contribution in [3.05, 3.63) is 24.2 Å². The van der Waals surface area contributed by atoms with E-state index in [2.05, 4.69) is 4.90 Å². The summed E-state index contributed by atoms with van der Waals surface area (Å²) in [5, 5.41) is 10.2. The topological polar surface area (TPSA) is 45.8 Å². The maximum absolute atomic E-state index is 10.2. The molecule has 0 amide bonds. The fourth-order valence-electron chi connectivity index (χ4n) is 3.97. The molecule has 1 aliphatic carbocycles. The van der Waals surface area contributed by atoms with E-state index in [0.29, 0.717) is 19.3 Å². The Kier molecular flexibility index (Phi) is 5.33. The van der Waals surface area contributed by atoms with Gasteiger partial charge in [-0.05, 0) is 50.3 Å². The van der Waals surface area contributed by atoms with Crippen molar-refractivity contribution in [3.63, 3.8) is 0 Å². The number of likely N-dealkylation sites (tertiary alicyclic amines) is 1. The van der Waals surface area contributed by atoms with Gasteiger partial charge in [0.25, 0.3) is 0 Å². The second-order valence-electron chi connectivity index (χ2n) is 6.50. The molecule has 2 atom stereocenters. The fraction of sp³-hybridized carbons (Fsp3) is 0.765. The maximum Gasteiger partial charge on any atom is 0.129 e. The molecule has 1 saturated carbocycles. The van der Waals surface area contributed by atoms with E-state index in [4.69, 9.17) is 9.15 Å². The summed E-state index contributed by atoms with van der Waals surface area (Å²) in [6, 6.07) is 4.45. The summed E-state index contributed by atoms with van der Waals surface area (Å²) in [5.74, 6) is 1.68. The molecule has 1 saturated heterocycles. The molecule has 118 valence electrons. The van der Waals surface area contributed by atoms with Crippen LogP contribution >= 0.6 is 0 Å². The van der Waals surface area contributed by atoms with Crippen molar-refractivity contribution in [2.24, 2.45) is 5.92 Å². The number of hydrogen-bond acceptors (Lipinski definition) is 4. The minimum absolute atomic E-state index is 0.384. The molecule has 4 nitrogen and oxygen atoms in total. The van der Waals surface area contributed by atoms with E-state index in [1.807, 2.05) is 12.1 Å². The summed E-state index contributed by atoms with van der Waals surface area (Å²) in [6.07, 6.45) is 9.38. The lowest BCUT2D eigenvalue weighted by Gasteiger charge is -2.30. The minimum Gasteiger partial charge on any atom is -0.467 e. The van der Waals surface area contributed by atoms with E-state index in [1.165, 1.54) is 38.5 Å². The molecule has 2 heterocycles. The fourth-order valence-corrected chi connectivity index (χ4v) is 3.97. The van der Waals surface area contributed by atoms with Crippen LogP contribution < -0.4 is 0 Å². The smallest absolute Gasteiger partial charge is 0.129 e. The Hall–Kier alpha value is -0.840. The Morgan fingerprint density at radius 2 is 2.14 bits per heavy atom. The summed E-state index contributed by atoms with van der Waals surface area (Å²) < 4.78 is 10.8. The summed E-state index contributed by atoms with van der Waals surface area (Å²) in [4.78, 5) is 2.50. The zero-order valence-corrected chi connectivity index (χ0v) is 12.7. The average Bonchev–Trinajstić information content (AvgIpc) is 3.20. The van der Waals surface area contributed by atoms with Gasteiger partial charge in [-0.1, -0.05) is 12.8 Å². The molecule has 21 heavy (non-hydrogen) atoms. The first-order chi connectivity index (χ1) is 10.3.